The third-order valence-electron chi connectivity index (χ3n) is 5.61. The van der Waals surface area contributed by atoms with E-state index in [0.717, 1.165) is 43.2 Å². The molecule has 0 aromatic carbocycles. The number of hydrogen-bond acceptors (Lipinski definition) is 5. The van der Waals surface area contributed by atoms with Gasteiger partial charge in [0, 0.05) is 27.9 Å². The third-order valence-corrected chi connectivity index (χ3v) is 7.90. The summed E-state index contributed by atoms with van der Waals surface area (Å²) in [6.07, 6.45) is 5.20. The number of thiazole rings is 1. The minimum absolute atomic E-state index is 0.0909. The molecule has 1 aliphatic rings. The lowest BCUT2D eigenvalue weighted by molar-refractivity contribution is 0.0980. The van der Waals surface area contributed by atoms with E-state index in [1.165, 1.54) is 28.9 Å². The number of imidazole rings is 1. The first-order valence-corrected chi connectivity index (χ1v) is 12.1. The molecule has 0 aliphatic heterocycles. The molecular weight excluding hydrogens is 388 g/mol. The topological polar surface area (TPSA) is 49.6 Å². The van der Waals surface area contributed by atoms with Gasteiger partial charge in [0.15, 0.2) is 4.96 Å². The molecule has 0 atom stereocenters. The first kappa shape index (κ1) is 21.7. The zero-order chi connectivity index (χ0) is 20.5. The zero-order valence-corrected chi connectivity index (χ0v) is 19.7. The smallest absolute Gasteiger partial charge is 0.281 e. The molecule has 3 rings (SSSR count). The molecule has 1 aliphatic carbocycles. The number of carbonyl (C=O) groups is 1. The molecule has 156 valence electrons. The summed E-state index contributed by atoms with van der Waals surface area (Å²) in [4.78, 5) is 21.9. The van der Waals surface area contributed by atoms with E-state index in [-0.39, 0.29) is 16.7 Å². The molecule has 0 radical (unpaired) electrons. The van der Waals surface area contributed by atoms with Crippen LogP contribution in [0.5, 0.6) is 0 Å². The van der Waals surface area contributed by atoms with Crippen molar-refractivity contribution in [2.75, 3.05) is 25.4 Å². The van der Waals surface area contributed by atoms with Crippen molar-refractivity contribution in [2.45, 2.75) is 66.2 Å². The molecule has 28 heavy (non-hydrogen) atoms. The molecule has 0 fully saturated rings. The van der Waals surface area contributed by atoms with Crippen LogP contribution in [-0.4, -0.2) is 45.6 Å². The van der Waals surface area contributed by atoms with Crippen molar-refractivity contribution in [1.82, 2.24) is 19.0 Å². The van der Waals surface area contributed by atoms with Crippen LogP contribution in [0.1, 0.15) is 75.4 Å². The highest BCUT2D eigenvalue weighted by Crippen LogP contribution is 2.48. The summed E-state index contributed by atoms with van der Waals surface area (Å²) in [5, 5.41) is 0. The summed E-state index contributed by atoms with van der Waals surface area (Å²) in [5.41, 5.74) is 2.27. The molecule has 0 unspecified atom stereocenters. The van der Waals surface area contributed by atoms with E-state index in [0.29, 0.717) is 5.69 Å². The normalized spacial score (nSPS) is 17.8. The predicted molar refractivity (Wildman–Crippen MR) is 121 cm³/mol. The van der Waals surface area contributed by atoms with Gasteiger partial charge in [-0.05, 0) is 44.3 Å². The van der Waals surface area contributed by atoms with Crippen molar-refractivity contribution in [1.29, 1.82) is 0 Å². The van der Waals surface area contributed by atoms with Gasteiger partial charge in [0.25, 0.3) is 5.91 Å². The van der Waals surface area contributed by atoms with Crippen molar-refractivity contribution in [2.24, 2.45) is 5.41 Å². The first-order chi connectivity index (χ1) is 13.2. The Morgan fingerprint density at radius 2 is 2.04 bits per heavy atom. The molecule has 0 saturated carbocycles. The predicted octanol–water partition coefficient (Wildman–Crippen LogP) is 4.76. The van der Waals surface area contributed by atoms with Gasteiger partial charge in [-0.25, -0.2) is 4.98 Å². The average Bonchev–Trinajstić information content (AvgIpc) is 3.16. The standard InChI is InChI=1S/C21H34N4OS2/c1-7-24(8-2)10-9-11-27-23-18(26)15-13-25-16-12-20(3,4)14-21(5,6)17(16)28-19(25)22-15/h13H,7-12,14H2,1-6H3,(H,23,26). The number of hydrogen-bond donors (Lipinski definition) is 1. The Hall–Kier alpha value is -1.05. The maximum Gasteiger partial charge on any atom is 0.281 e. The maximum atomic E-state index is 12.5. The molecule has 1 N–H and O–H groups in total. The van der Waals surface area contributed by atoms with Crippen molar-refractivity contribution >= 4 is 34.2 Å². The van der Waals surface area contributed by atoms with Crippen LogP contribution in [0, 0.1) is 5.41 Å². The summed E-state index contributed by atoms with van der Waals surface area (Å²) in [7, 11) is 0. The second-order valence-electron chi connectivity index (χ2n) is 9.22. The van der Waals surface area contributed by atoms with Crippen LogP contribution >= 0.6 is 23.3 Å². The Morgan fingerprint density at radius 3 is 2.71 bits per heavy atom. The largest absolute Gasteiger partial charge is 0.304 e. The minimum atomic E-state index is -0.0909. The summed E-state index contributed by atoms with van der Waals surface area (Å²) >= 11 is 3.23. The van der Waals surface area contributed by atoms with Gasteiger partial charge in [-0.1, -0.05) is 53.5 Å². The van der Waals surface area contributed by atoms with Crippen LogP contribution in [0.3, 0.4) is 0 Å². The molecule has 0 spiro atoms. The van der Waals surface area contributed by atoms with Crippen LogP contribution in [0.15, 0.2) is 6.20 Å². The fraction of sp³-hybridized carbons (Fsp3) is 0.714. The van der Waals surface area contributed by atoms with E-state index in [4.69, 9.17) is 0 Å². The van der Waals surface area contributed by atoms with E-state index in [1.54, 1.807) is 11.3 Å². The second-order valence-corrected chi connectivity index (χ2v) is 11.1. The van der Waals surface area contributed by atoms with E-state index < -0.39 is 0 Å². The SMILES string of the molecule is CCN(CC)CCCSNC(=O)c1cn2c3c(sc2n1)C(C)(C)CC(C)(C)C3. The Balaban J connectivity index is 1.64. The summed E-state index contributed by atoms with van der Waals surface area (Å²) < 4.78 is 5.12. The number of aromatic nitrogens is 2. The molecule has 1 amide bonds. The number of amides is 1. The highest BCUT2D eigenvalue weighted by Gasteiger charge is 2.40. The maximum absolute atomic E-state index is 12.5. The lowest BCUT2D eigenvalue weighted by Gasteiger charge is -2.40. The number of carbonyl (C=O) groups excluding carboxylic acids is 1. The fourth-order valence-corrected chi connectivity index (χ4v) is 6.39. The summed E-state index contributed by atoms with van der Waals surface area (Å²) in [6, 6.07) is 0. The van der Waals surface area contributed by atoms with Crippen LogP contribution in [0.2, 0.25) is 0 Å². The van der Waals surface area contributed by atoms with Gasteiger partial charge < -0.3 is 4.90 Å². The molecule has 0 saturated heterocycles. The summed E-state index contributed by atoms with van der Waals surface area (Å²) in [5.74, 6) is 0.828. The van der Waals surface area contributed by atoms with Gasteiger partial charge in [-0.2, -0.15) is 0 Å². The fourth-order valence-electron chi connectivity index (χ4n) is 4.55. The van der Waals surface area contributed by atoms with Gasteiger partial charge in [0.05, 0.1) is 0 Å². The Kier molecular flexibility index (Phi) is 6.47. The van der Waals surface area contributed by atoms with Gasteiger partial charge in [-0.3, -0.25) is 13.9 Å². The zero-order valence-electron chi connectivity index (χ0n) is 18.1. The monoisotopic (exact) mass is 422 g/mol. The molecule has 0 bridgehead atoms. The Labute approximate surface area is 177 Å². The molecule has 2 heterocycles. The molecular formula is C21H34N4OS2. The van der Waals surface area contributed by atoms with Gasteiger partial charge in [0.1, 0.15) is 5.69 Å². The van der Waals surface area contributed by atoms with E-state index in [1.807, 2.05) is 6.20 Å². The van der Waals surface area contributed by atoms with E-state index >= 15 is 0 Å². The Morgan fingerprint density at radius 1 is 1.32 bits per heavy atom. The number of nitrogens with zero attached hydrogens (tertiary/aromatic N) is 3. The molecule has 5 nitrogen and oxygen atoms in total. The molecule has 2 aromatic rings. The number of rotatable bonds is 8. The van der Waals surface area contributed by atoms with E-state index in [2.05, 4.69) is 60.5 Å². The number of nitrogens with one attached hydrogen (secondary N) is 1. The average molecular weight is 423 g/mol. The lowest BCUT2D eigenvalue weighted by atomic mass is 9.67. The van der Waals surface area contributed by atoms with Crippen LogP contribution < -0.4 is 4.72 Å². The van der Waals surface area contributed by atoms with Gasteiger partial charge in [0.2, 0.25) is 0 Å². The Bertz CT molecular complexity index is 833. The van der Waals surface area contributed by atoms with Crippen molar-refractivity contribution in [3.8, 4) is 0 Å². The van der Waals surface area contributed by atoms with Crippen molar-refractivity contribution in [3.05, 3.63) is 22.5 Å². The van der Waals surface area contributed by atoms with Gasteiger partial charge in [-0.15, -0.1) is 11.3 Å². The van der Waals surface area contributed by atoms with Crippen molar-refractivity contribution < 1.29 is 4.79 Å². The second kappa shape index (κ2) is 8.36. The van der Waals surface area contributed by atoms with Crippen LogP contribution in [0.4, 0.5) is 0 Å². The molecule has 7 heteroatoms. The number of fused-ring (bicyclic) bond motifs is 3. The van der Waals surface area contributed by atoms with Gasteiger partial charge >= 0.3 is 0 Å². The highest BCUT2D eigenvalue weighted by molar-refractivity contribution is 7.97. The molecule has 2 aromatic heterocycles. The van der Waals surface area contributed by atoms with Crippen molar-refractivity contribution in [3.63, 3.8) is 0 Å². The van der Waals surface area contributed by atoms with Crippen LogP contribution in [0.25, 0.3) is 4.96 Å². The van der Waals surface area contributed by atoms with E-state index in [9.17, 15) is 4.79 Å². The highest BCUT2D eigenvalue weighted by atomic mass is 32.2. The quantitative estimate of drug-likeness (QED) is 0.492. The summed E-state index contributed by atoms with van der Waals surface area (Å²) in [6.45, 7) is 16.9. The minimum Gasteiger partial charge on any atom is -0.304 e. The first-order valence-electron chi connectivity index (χ1n) is 10.3. The van der Waals surface area contributed by atoms with Crippen LogP contribution in [-0.2, 0) is 11.8 Å². The lowest BCUT2D eigenvalue weighted by Crippen LogP contribution is -2.34. The third kappa shape index (κ3) is 4.57.